The molecule has 2 heterocycles. The van der Waals surface area contributed by atoms with E-state index in [9.17, 15) is 13.2 Å². The number of nitrogens with one attached hydrogen (secondary N) is 1. The van der Waals surface area contributed by atoms with Gasteiger partial charge in [0, 0.05) is 32.0 Å². The van der Waals surface area contributed by atoms with E-state index < -0.39 is 14.6 Å². The third-order valence-electron chi connectivity index (χ3n) is 6.43. The van der Waals surface area contributed by atoms with Crippen molar-refractivity contribution in [2.24, 2.45) is 0 Å². The van der Waals surface area contributed by atoms with Crippen molar-refractivity contribution in [2.75, 3.05) is 11.6 Å². The highest BCUT2D eigenvalue weighted by molar-refractivity contribution is 7.91. The van der Waals surface area contributed by atoms with Gasteiger partial charge in [-0.3, -0.25) is 4.79 Å². The highest BCUT2D eigenvalue weighted by Gasteiger charge is 2.32. The number of carbonyl (C=O) groups excluding carboxylic acids is 1. The molecule has 35 heavy (non-hydrogen) atoms. The van der Waals surface area contributed by atoms with Gasteiger partial charge in [0.15, 0.2) is 9.84 Å². The number of benzene rings is 2. The molecule has 0 aliphatic rings. The first-order chi connectivity index (χ1) is 16.2. The van der Waals surface area contributed by atoms with E-state index in [1.54, 1.807) is 26.0 Å². The number of sulfone groups is 1. The number of hydrogen-bond donors (Lipinski definition) is 1. The van der Waals surface area contributed by atoms with Crippen LogP contribution in [-0.4, -0.2) is 20.6 Å². The maximum atomic E-state index is 13.1. The SMILES string of the molecule is CC(C)(c1cc(Cl)cc(NC(=O)c2cc3cc(C(C)(C)S(C)(=O)=O)ccc3s2)c1)c1ccc(Cl)s1. The minimum absolute atomic E-state index is 0.250. The predicted octanol–water partition coefficient (Wildman–Crippen LogP) is 8.13. The van der Waals surface area contributed by atoms with Crippen LogP contribution in [0.4, 0.5) is 5.69 Å². The van der Waals surface area contributed by atoms with Crippen LogP contribution >= 0.6 is 45.9 Å². The Morgan fingerprint density at radius 1 is 0.886 bits per heavy atom. The summed E-state index contributed by atoms with van der Waals surface area (Å²) in [4.78, 5) is 14.7. The minimum atomic E-state index is -3.31. The standard InChI is InChI=1S/C26H25Cl2NO3S3/c1-25(2,22-8-9-23(28)34-22)17-12-18(27)14-19(13-17)29-24(30)21-11-15-10-16(6-7-20(15)33-21)26(3,4)35(5,31)32/h6-14H,1-5H3,(H,29,30). The van der Waals surface area contributed by atoms with Gasteiger partial charge in [-0.15, -0.1) is 22.7 Å². The molecule has 0 atom stereocenters. The predicted molar refractivity (Wildman–Crippen MR) is 151 cm³/mol. The highest BCUT2D eigenvalue weighted by atomic mass is 35.5. The van der Waals surface area contributed by atoms with Gasteiger partial charge in [-0.2, -0.15) is 0 Å². The Hall–Kier alpha value is -1.90. The lowest BCUT2D eigenvalue weighted by molar-refractivity contribution is 0.103. The maximum absolute atomic E-state index is 13.1. The van der Waals surface area contributed by atoms with Gasteiger partial charge in [0.25, 0.3) is 5.91 Å². The quantitative estimate of drug-likeness (QED) is 0.256. The van der Waals surface area contributed by atoms with Gasteiger partial charge < -0.3 is 5.32 Å². The van der Waals surface area contributed by atoms with Gasteiger partial charge in [-0.05, 0) is 78.9 Å². The lowest BCUT2D eigenvalue weighted by atomic mass is 9.83. The average Bonchev–Trinajstić information content (AvgIpc) is 3.38. The van der Waals surface area contributed by atoms with Gasteiger partial charge in [0.2, 0.25) is 0 Å². The summed E-state index contributed by atoms with van der Waals surface area (Å²) in [7, 11) is -3.31. The van der Waals surface area contributed by atoms with Gasteiger partial charge in [0.1, 0.15) is 0 Å². The van der Waals surface area contributed by atoms with Crippen LogP contribution < -0.4 is 5.32 Å². The van der Waals surface area contributed by atoms with Crippen molar-refractivity contribution in [1.29, 1.82) is 0 Å². The summed E-state index contributed by atoms with van der Waals surface area (Å²) in [5.41, 5.74) is 1.91. The van der Waals surface area contributed by atoms with Crippen LogP contribution in [0.5, 0.6) is 0 Å². The number of rotatable bonds is 6. The second-order valence-electron chi connectivity index (χ2n) is 9.56. The molecule has 4 rings (SSSR count). The van der Waals surface area contributed by atoms with Crippen LogP contribution in [0.15, 0.2) is 54.6 Å². The first-order valence-corrected chi connectivity index (χ1v) is 15.1. The van der Waals surface area contributed by atoms with Crippen LogP contribution in [0.3, 0.4) is 0 Å². The Labute approximate surface area is 223 Å². The van der Waals surface area contributed by atoms with Crippen LogP contribution in [0.1, 0.15) is 53.4 Å². The molecule has 0 bridgehead atoms. The zero-order valence-corrected chi connectivity index (χ0v) is 23.9. The summed E-state index contributed by atoms with van der Waals surface area (Å²) in [6.07, 6.45) is 1.23. The number of anilines is 1. The molecule has 4 aromatic rings. The molecular formula is C26H25Cl2NO3S3. The third kappa shape index (κ3) is 5.16. The Morgan fingerprint density at radius 3 is 2.23 bits per heavy atom. The van der Waals surface area contributed by atoms with E-state index in [-0.39, 0.29) is 11.3 Å². The van der Waals surface area contributed by atoms with E-state index in [0.29, 0.717) is 21.2 Å². The molecule has 0 saturated heterocycles. The fourth-order valence-corrected chi connectivity index (χ4v) is 6.65. The van der Waals surface area contributed by atoms with Crippen LogP contribution in [0, 0.1) is 0 Å². The molecule has 9 heteroatoms. The summed E-state index contributed by atoms with van der Waals surface area (Å²) in [5, 5.41) is 4.32. The van der Waals surface area contributed by atoms with Gasteiger partial charge in [0.05, 0.1) is 14.0 Å². The zero-order valence-electron chi connectivity index (χ0n) is 19.9. The van der Waals surface area contributed by atoms with Gasteiger partial charge >= 0.3 is 0 Å². The van der Waals surface area contributed by atoms with Crippen molar-refractivity contribution in [3.63, 3.8) is 0 Å². The first-order valence-electron chi connectivity index (χ1n) is 10.8. The van der Waals surface area contributed by atoms with E-state index in [0.717, 1.165) is 24.9 Å². The second-order valence-corrected chi connectivity index (χ2v) is 15.4. The molecule has 0 aliphatic carbocycles. The molecular weight excluding hydrogens is 541 g/mol. The first kappa shape index (κ1) is 26.2. The molecule has 2 aromatic carbocycles. The topological polar surface area (TPSA) is 63.2 Å². The summed E-state index contributed by atoms with van der Waals surface area (Å²) in [5.74, 6) is -0.250. The van der Waals surface area contributed by atoms with Crippen LogP contribution in [0.25, 0.3) is 10.1 Å². The van der Waals surface area contributed by atoms with E-state index in [1.165, 1.54) is 28.9 Å². The molecule has 1 N–H and O–H groups in total. The van der Waals surface area contributed by atoms with Crippen molar-refractivity contribution in [2.45, 2.75) is 37.9 Å². The van der Waals surface area contributed by atoms with Crippen molar-refractivity contribution in [3.8, 4) is 0 Å². The second kappa shape index (κ2) is 9.20. The number of fused-ring (bicyclic) bond motifs is 1. The monoisotopic (exact) mass is 565 g/mol. The number of carbonyl (C=O) groups is 1. The fraction of sp³-hybridized carbons (Fsp3) is 0.269. The molecule has 0 unspecified atom stereocenters. The van der Waals surface area contributed by atoms with Gasteiger partial charge in [-0.1, -0.05) is 43.1 Å². The summed E-state index contributed by atoms with van der Waals surface area (Å²) in [6.45, 7) is 7.56. The third-order valence-corrected chi connectivity index (χ3v) is 11.4. The van der Waals surface area contributed by atoms with Gasteiger partial charge in [-0.25, -0.2) is 8.42 Å². The molecule has 0 radical (unpaired) electrons. The average molecular weight is 567 g/mol. The molecule has 0 fully saturated rings. The highest BCUT2D eigenvalue weighted by Crippen LogP contribution is 2.40. The number of amides is 1. The van der Waals surface area contributed by atoms with E-state index >= 15 is 0 Å². The lowest BCUT2D eigenvalue weighted by Gasteiger charge is -2.25. The Bertz CT molecular complexity index is 1550. The van der Waals surface area contributed by atoms with Crippen molar-refractivity contribution in [3.05, 3.63) is 84.8 Å². The lowest BCUT2D eigenvalue weighted by Crippen LogP contribution is -2.27. The van der Waals surface area contributed by atoms with Crippen molar-refractivity contribution in [1.82, 2.24) is 0 Å². The van der Waals surface area contributed by atoms with E-state index in [4.69, 9.17) is 23.2 Å². The van der Waals surface area contributed by atoms with Crippen LogP contribution in [-0.2, 0) is 20.0 Å². The Balaban J connectivity index is 1.63. The maximum Gasteiger partial charge on any atom is 0.265 e. The number of thiophene rings is 2. The Kier molecular flexibility index (Phi) is 6.88. The van der Waals surface area contributed by atoms with Crippen molar-refractivity contribution >= 4 is 77.4 Å². The zero-order chi connectivity index (χ0) is 25.8. The van der Waals surface area contributed by atoms with Crippen molar-refractivity contribution < 1.29 is 13.2 Å². The van der Waals surface area contributed by atoms with Crippen LogP contribution in [0.2, 0.25) is 9.36 Å². The molecule has 4 nitrogen and oxygen atoms in total. The molecule has 2 aromatic heterocycles. The summed E-state index contributed by atoms with van der Waals surface area (Å²) in [6, 6.07) is 16.7. The largest absolute Gasteiger partial charge is 0.321 e. The molecule has 1 amide bonds. The van der Waals surface area contributed by atoms with E-state index in [1.807, 2.05) is 42.5 Å². The molecule has 0 saturated carbocycles. The smallest absolute Gasteiger partial charge is 0.265 e. The fourth-order valence-electron chi connectivity index (χ4n) is 3.75. The number of hydrogen-bond acceptors (Lipinski definition) is 5. The Morgan fingerprint density at radius 2 is 1.60 bits per heavy atom. The summed E-state index contributed by atoms with van der Waals surface area (Å²) >= 11 is 15.4. The molecule has 0 spiro atoms. The number of halogens is 2. The minimum Gasteiger partial charge on any atom is -0.321 e. The summed E-state index contributed by atoms with van der Waals surface area (Å²) < 4.78 is 25.1. The normalized spacial score (nSPS) is 12.8. The van der Waals surface area contributed by atoms with E-state index in [2.05, 4.69) is 19.2 Å². The molecule has 0 aliphatic heterocycles. The molecule has 184 valence electrons.